The maximum atomic E-state index is 12.6. The fraction of sp³-hybridized carbons (Fsp3) is 0.778. The third kappa shape index (κ3) is 9.95. The lowest BCUT2D eigenvalue weighted by molar-refractivity contribution is -0.141. The molecule has 29 heavy (non-hydrogen) atoms. The minimum atomic E-state index is -1.19. The molecule has 0 fully saturated rings. The predicted octanol–water partition coefficient (Wildman–Crippen LogP) is -1.02. The monoisotopic (exact) mass is 433 g/mol. The van der Waals surface area contributed by atoms with Gasteiger partial charge in [-0.25, -0.2) is 0 Å². The fourth-order valence-electron chi connectivity index (χ4n) is 2.38. The summed E-state index contributed by atoms with van der Waals surface area (Å²) in [5.74, 6) is -2.94. The van der Waals surface area contributed by atoms with Crippen LogP contribution in [0.5, 0.6) is 0 Å². The minimum absolute atomic E-state index is 0.00741. The number of carbonyl (C=O) groups excluding carboxylic acids is 3. The van der Waals surface area contributed by atoms with E-state index in [1.165, 1.54) is 6.92 Å². The van der Waals surface area contributed by atoms with Gasteiger partial charge in [0.2, 0.25) is 17.7 Å². The normalized spacial score (nSPS) is 16.1. The molecular weight excluding hydrogens is 398 g/mol. The maximum Gasteiger partial charge on any atom is 0.325 e. The van der Waals surface area contributed by atoms with Gasteiger partial charge in [0.1, 0.15) is 18.1 Å². The van der Waals surface area contributed by atoms with E-state index < -0.39 is 47.9 Å². The highest BCUT2D eigenvalue weighted by molar-refractivity contribution is 7.80. The molecule has 168 valence electrons. The number of nitrogens with one attached hydrogen (secondary N) is 3. The Labute approximate surface area is 177 Å². The van der Waals surface area contributed by atoms with Crippen molar-refractivity contribution in [2.24, 2.45) is 17.4 Å². The minimum Gasteiger partial charge on any atom is -0.480 e. The molecule has 0 aromatic heterocycles. The Morgan fingerprint density at radius 2 is 1.52 bits per heavy atom. The third-order valence-electron chi connectivity index (χ3n) is 4.68. The molecule has 5 atom stereocenters. The molecule has 0 heterocycles. The Bertz CT molecular complexity index is 563. The molecule has 0 aliphatic rings. The highest BCUT2D eigenvalue weighted by Crippen LogP contribution is 2.07. The van der Waals surface area contributed by atoms with Crippen LogP contribution in [-0.2, 0) is 19.2 Å². The SMILES string of the molecule is CCC(C)C(N)C(=O)NC(CS)C(=O)NC(CCCCN)C(=O)NC(C)C(=O)O. The van der Waals surface area contributed by atoms with Gasteiger partial charge in [-0.05, 0) is 38.6 Å². The van der Waals surface area contributed by atoms with Crippen molar-refractivity contribution in [3.05, 3.63) is 0 Å². The zero-order chi connectivity index (χ0) is 22.6. The van der Waals surface area contributed by atoms with E-state index in [4.69, 9.17) is 16.6 Å². The molecule has 5 unspecified atom stereocenters. The summed E-state index contributed by atoms with van der Waals surface area (Å²) >= 11 is 4.10. The highest BCUT2D eigenvalue weighted by atomic mass is 32.1. The van der Waals surface area contributed by atoms with Crippen molar-refractivity contribution in [3.8, 4) is 0 Å². The Morgan fingerprint density at radius 3 is 2.00 bits per heavy atom. The van der Waals surface area contributed by atoms with Crippen LogP contribution in [0.25, 0.3) is 0 Å². The summed E-state index contributed by atoms with van der Waals surface area (Å²) in [5, 5.41) is 16.4. The van der Waals surface area contributed by atoms with Crippen molar-refractivity contribution in [2.75, 3.05) is 12.3 Å². The van der Waals surface area contributed by atoms with Crippen LogP contribution in [-0.4, -0.2) is 65.3 Å². The smallest absolute Gasteiger partial charge is 0.325 e. The van der Waals surface area contributed by atoms with Gasteiger partial charge in [-0.2, -0.15) is 12.6 Å². The number of nitrogens with two attached hydrogens (primary N) is 2. The van der Waals surface area contributed by atoms with E-state index in [1.807, 2.05) is 13.8 Å². The summed E-state index contributed by atoms with van der Waals surface area (Å²) in [6.07, 6.45) is 2.19. The van der Waals surface area contributed by atoms with E-state index in [0.29, 0.717) is 25.8 Å². The van der Waals surface area contributed by atoms with Crippen molar-refractivity contribution in [3.63, 3.8) is 0 Å². The molecule has 0 saturated heterocycles. The Hall–Kier alpha value is -1.85. The zero-order valence-electron chi connectivity index (χ0n) is 17.3. The quantitative estimate of drug-likeness (QED) is 0.135. The molecule has 0 spiro atoms. The largest absolute Gasteiger partial charge is 0.480 e. The molecule has 10 nitrogen and oxygen atoms in total. The third-order valence-corrected chi connectivity index (χ3v) is 5.05. The van der Waals surface area contributed by atoms with Gasteiger partial charge in [0.05, 0.1) is 6.04 Å². The summed E-state index contributed by atoms with van der Waals surface area (Å²) in [6.45, 7) is 5.49. The molecule has 0 aromatic rings. The van der Waals surface area contributed by atoms with E-state index >= 15 is 0 Å². The van der Waals surface area contributed by atoms with Gasteiger partial charge in [0.15, 0.2) is 0 Å². The van der Waals surface area contributed by atoms with E-state index in [9.17, 15) is 19.2 Å². The lowest BCUT2D eigenvalue weighted by Crippen LogP contribution is -2.58. The molecule has 0 aliphatic carbocycles. The van der Waals surface area contributed by atoms with Crippen LogP contribution in [0.3, 0.4) is 0 Å². The summed E-state index contributed by atoms with van der Waals surface area (Å²) in [7, 11) is 0. The van der Waals surface area contributed by atoms with E-state index in [-0.39, 0.29) is 18.1 Å². The number of carbonyl (C=O) groups is 4. The average molecular weight is 434 g/mol. The van der Waals surface area contributed by atoms with Gasteiger partial charge < -0.3 is 32.5 Å². The predicted molar refractivity (Wildman–Crippen MR) is 113 cm³/mol. The topological polar surface area (TPSA) is 177 Å². The number of amides is 3. The van der Waals surface area contributed by atoms with Crippen LogP contribution in [0, 0.1) is 5.92 Å². The van der Waals surface area contributed by atoms with Crippen molar-refractivity contribution in [1.82, 2.24) is 16.0 Å². The average Bonchev–Trinajstić information content (AvgIpc) is 2.69. The number of unbranched alkanes of at least 4 members (excludes halogenated alkanes) is 1. The first kappa shape index (κ1) is 27.1. The zero-order valence-corrected chi connectivity index (χ0v) is 18.2. The second-order valence-corrected chi connectivity index (χ2v) is 7.43. The lowest BCUT2D eigenvalue weighted by Gasteiger charge is -2.25. The van der Waals surface area contributed by atoms with Crippen LogP contribution >= 0.6 is 12.6 Å². The Balaban J connectivity index is 5.11. The number of hydrogen-bond acceptors (Lipinski definition) is 7. The molecule has 0 aliphatic heterocycles. The second kappa shape index (κ2) is 14.2. The Kier molecular flexibility index (Phi) is 13.3. The first-order valence-electron chi connectivity index (χ1n) is 9.79. The summed E-state index contributed by atoms with van der Waals surface area (Å²) in [6, 6.07) is -3.82. The van der Waals surface area contributed by atoms with Crippen LogP contribution in [0.15, 0.2) is 0 Å². The van der Waals surface area contributed by atoms with E-state index in [0.717, 1.165) is 0 Å². The second-order valence-electron chi connectivity index (χ2n) is 7.07. The van der Waals surface area contributed by atoms with Gasteiger partial charge in [-0.15, -0.1) is 0 Å². The van der Waals surface area contributed by atoms with Gasteiger partial charge in [0.25, 0.3) is 0 Å². The van der Waals surface area contributed by atoms with Crippen LogP contribution in [0.1, 0.15) is 46.5 Å². The molecule has 0 bridgehead atoms. The number of rotatable bonds is 14. The number of hydrogen-bond donors (Lipinski definition) is 7. The van der Waals surface area contributed by atoms with Gasteiger partial charge >= 0.3 is 5.97 Å². The highest BCUT2D eigenvalue weighted by Gasteiger charge is 2.29. The van der Waals surface area contributed by atoms with Crippen LogP contribution < -0.4 is 27.4 Å². The molecule has 3 amide bonds. The number of carboxylic acid groups (broad SMARTS) is 1. The molecule has 0 rings (SSSR count). The fourth-order valence-corrected chi connectivity index (χ4v) is 2.64. The molecular formula is C18H35N5O5S. The van der Waals surface area contributed by atoms with Crippen LogP contribution in [0.2, 0.25) is 0 Å². The number of thiol groups is 1. The molecule has 8 N–H and O–H groups in total. The lowest BCUT2D eigenvalue weighted by atomic mass is 9.99. The Morgan fingerprint density at radius 1 is 0.966 bits per heavy atom. The molecule has 11 heteroatoms. The van der Waals surface area contributed by atoms with Gasteiger partial charge in [-0.1, -0.05) is 20.3 Å². The summed E-state index contributed by atoms with van der Waals surface area (Å²) < 4.78 is 0. The summed E-state index contributed by atoms with van der Waals surface area (Å²) in [5.41, 5.74) is 11.4. The molecule has 0 radical (unpaired) electrons. The molecule has 0 aromatic carbocycles. The van der Waals surface area contributed by atoms with E-state index in [2.05, 4.69) is 28.6 Å². The van der Waals surface area contributed by atoms with Crippen LogP contribution in [0.4, 0.5) is 0 Å². The maximum absolute atomic E-state index is 12.6. The van der Waals surface area contributed by atoms with Crippen molar-refractivity contribution in [2.45, 2.75) is 70.6 Å². The standard InChI is InChI=1S/C18H35N5O5S/c1-4-10(2)14(20)17(26)23-13(9-29)16(25)22-12(7-5-6-8-19)15(24)21-11(3)18(27)28/h10-14,29H,4-9,19-20H2,1-3H3,(H,21,24)(H,22,25)(H,23,26)(H,27,28). The number of carboxylic acids is 1. The molecule has 0 saturated carbocycles. The van der Waals surface area contributed by atoms with Gasteiger partial charge in [0, 0.05) is 5.75 Å². The number of aliphatic carboxylic acids is 1. The first-order chi connectivity index (χ1) is 13.6. The van der Waals surface area contributed by atoms with E-state index in [1.54, 1.807) is 0 Å². The van der Waals surface area contributed by atoms with Crippen molar-refractivity contribution < 1.29 is 24.3 Å². The van der Waals surface area contributed by atoms with Gasteiger partial charge in [-0.3, -0.25) is 19.2 Å². The summed E-state index contributed by atoms with van der Waals surface area (Å²) in [4.78, 5) is 48.2. The van der Waals surface area contributed by atoms with Crippen molar-refractivity contribution >= 4 is 36.3 Å². The van der Waals surface area contributed by atoms with Crippen molar-refractivity contribution in [1.29, 1.82) is 0 Å². The first-order valence-corrected chi connectivity index (χ1v) is 10.4.